The van der Waals surface area contributed by atoms with Crippen LogP contribution in [0.5, 0.6) is 0 Å². The van der Waals surface area contributed by atoms with Crippen LogP contribution in [0.15, 0.2) is 30.3 Å². The summed E-state index contributed by atoms with van der Waals surface area (Å²) in [6.07, 6.45) is 0.460. The van der Waals surface area contributed by atoms with Crippen LogP contribution < -0.4 is 0 Å². The summed E-state index contributed by atoms with van der Waals surface area (Å²) in [6, 6.07) is 8.43. The van der Waals surface area contributed by atoms with Crippen molar-refractivity contribution in [3.05, 3.63) is 35.9 Å². The van der Waals surface area contributed by atoms with Crippen molar-refractivity contribution < 1.29 is 19.1 Å². The number of ketones is 1. The van der Waals surface area contributed by atoms with Gasteiger partial charge in [-0.1, -0.05) is 57.5 Å². The van der Waals surface area contributed by atoms with Crippen LogP contribution in [-0.4, -0.2) is 35.3 Å². The maximum Gasteiger partial charge on any atom is 0.417 e. The second kappa shape index (κ2) is 7.40. The SMILES string of the molecule is CCCC(C(=O)c1ccccc1)C(=O)N1C(=O)OC[C@@H]1C(C)C. The second-order valence-electron chi connectivity index (χ2n) is 6.17. The summed E-state index contributed by atoms with van der Waals surface area (Å²) in [5.41, 5.74) is 0.493. The molecule has 1 aliphatic rings. The van der Waals surface area contributed by atoms with Gasteiger partial charge in [0.1, 0.15) is 12.5 Å². The number of hydrogen-bond donors (Lipinski definition) is 0. The largest absolute Gasteiger partial charge is 0.447 e. The molecular formula is C18H23NO4. The number of hydrogen-bond acceptors (Lipinski definition) is 4. The van der Waals surface area contributed by atoms with E-state index in [1.807, 2.05) is 26.8 Å². The molecule has 0 aliphatic carbocycles. The third-order valence-electron chi connectivity index (χ3n) is 4.16. The number of cyclic esters (lactones) is 1. The molecule has 2 atom stereocenters. The predicted molar refractivity (Wildman–Crippen MR) is 86.0 cm³/mol. The van der Waals surface area contributed by atoms with Crippen molar-refractivity contribution in [2.45, 2.75) is 39.7 Å². The zero-order valence-electron chi connectivity index (χ0n) is 13.8. The van der Waals surface area contributed by atoms with Crippen LogP contribution in [0.3, 0.4) is 0 Å². The average molecular weight is 317 g/mol. The Morgan fingerprint density at radius 1 is 1.26 bits per heavy atom. The second-order valence-corrected chi connectivity index (χ2v) is 6.17. The number of benzene rings is 1. The van der Waals surface area contributed by atoms with Crippen LogP contribution in [0, 0.1) is 11.8 Å². The summed E-state index contributed by atoms with van der Waals surface area (Å²) in [6.45, 7) is 5.98. The smallest absolute Gasteiger partial charge is 0.417 e. The fraction of sp³-hybridized carbons (Fsp3) is 0.500. The van der Waals surface area contributed by atoms with Crippen molar-refractivity contribution in [1.29, 1.82) is 0 Å². The molecule has 2 amide bonds. The van der Waals surface area contributed by atoms with Crippen LogP contribution in [0.1, 0.15) is 44.0 Å². The molecule has 1 aliphatic heterocycles. The Labute approximate surface area is 136 Å². The molecule has 23 heavy (non-hydrogen) atoms. The first kappa shape index (κ1) is 17.2. The Bertz CT molecular complexity index is 582. The van der Waals surface area contributed by atoms with Crippen LogP contribution in [0.25, 0.3) is 0 Å². The first-order chi connectivity index (χ1) is 11.0. The molecule has 0 N–H and O–H groups in total. The van der Waals surface area contributed by atoms with Crippen molar-refractivity contribution in [2.75, 3.05) is 6.61 Å². The van der Waals surface area contributed by atoms with Gasteiger partial charge < -0.3 is 4.74 Å². The van der Waals surface area contributed by atoms with E-state index in [-0.39, 0.29) is 24.3 Å². The molecule has 5 nitrogen and oxygen atoms in total. The topological polar surface area (TPSA) is 63.7 Å². The molecule has 0 radical (unpaired) electrons. The van der Waals surface area contributed by atoms with Gasteiger partial charge in [0.05, 0.1) is 6.04 Å². The zero-order chi connectivity index (χ0) is 17.0. The van der Waals surface area contributed by atoms with E-state index < -0.39 is 17.9 Å². The number of ether oxygens (including phenoxy) is 1. The van der Waals surface area contributed by atoms with E-state index in [2.05, 4.69) is 0 Å². The first-order valence-corrected chi connectivity index (χ1v) is 8.06. The molecule has 1 saturated heterocycles. The van der Waals surface area contributed by atoms with E-state index in [0.29, 0.717) is 18.4 Å². The Kier molecular flexibility index (Phi) is 5.53. The molecule has 0 bridgehead atoms. The summed E-state index contributed by atoms with van der Waals surface area (Å²) >= 11 is 0. The lowest BCUT2D eigenvalue weighted by Gasteiger charge is -2.26. The lowest BCUT2D eigenvalue weighted by Crippen LogP contribution is -2.46. The number of carbonyl (C=O) groups excluding carboxylic acids is 3. The highest BCUT2D eigenvalue weighted by molar-refractivity contribution is 6.12. The van der Waals surface area contributed by atoms with Crippen molar-refractivity contribution in [1.82, 2.24) is 4.90 Å². The van der Waals surface area contributed by atoms with Gasteiger partial charge in [0.15, 0.2) is 5.78 Å². The van der Waals surface area contributed by atoms with Crippen LogP contribution in [-0.2, 0) is 9.53 Å². The van der Waals surface area contributed by atoms with E-state index in [1.54, 1.807) is 24.3 Å². The van der Waals surface area contributed by atoms with Crippen molar-refractivity contribution in [2.24, 2.45) is 11.8 Å². The Morgan fingerprint density at radius 3 is 2.48 bits per heavy atom. The summed E-state index contributed by atoms with van der Waals surface area (Å²) in [7, 11) is 0. The predicted octanol–water partition coefficient (Wildman–Crippen LogP) is 3.29. The highest BCUT2D eigenvalue weighted by Gasteiger charge is 2.43. The molecule has 5 heteroatoms. The first-order valence-electron chi connectivity index (χ1n) is 8.06. The molecule has 1 aromatic rings. The van der Waals surface area contributed by atoms with Crippen molar-refractivity contribution in [3.63, 3.8) is 0 Å². The minimum absolute atomic E-state index is 0.0829. The van der Waals surface area contributed by atoms with E-state index >= 15 is 0 Å². The molecule has 1 aromatic carbocycles. The quantitative estimate of drug-likeness (QED) is 0.596. The average Bonchev–Trinajstić information content (AvgIpc) is 2.94. The number of amides is 2. The van der Waals surface area contributed by atoms with Gasteiger partial charge in [-0.2, -0.15) is 0 Å². The third-order valence-corrected chi connectivity index (χ3v) is 4.16. The number of carbonyl (C=O) groups is 3. The molecule has 1 heterocycles. The van der Waals surface area contributed by atoms with Crippen molar-refractivity contribution >= 4 is 17.8 Å². The standard InChI is InChI=1S/C18H23NO4/c1-4-8-14(16(20)13-9-6-5-7-10-13)17(21)19-15(12(2)3)11-23-18(19)22/h5-7,9-10,12,14-15H,4,8,11H2,1-3H3/t14?,15-/m1/s1. The van der Waals surface area contributed by atoms with Gasteiger partial charge >= 0.3 is 6.09 Å². The molecular weight excluding hydrogens is 294 g/mol. The normalized spacial score (nSPS) is 18.9. The molecule has 0 saturated carbocycles. The molecule has 1 unspecified atom stereocenters. The third kappa shape index (κ3) is 3.60. The van der Waals surface area contributed by atoms with Gasteiger partial charge in [0.2, 0.25) is 5.91 Å². The molecule has 0 aromatic heterocycles. The highest BCUT2D eigenvalue weighted by atomic mass is 16.6. The summed E-state index contributed by atoms with van der Waals surface area (Å²) in [5.74, 6) is -1.43. The molecule has 2 rings (SSSR count). The Hall–Kier alpha value is -2.17. The van der Waals surface area contributed by atoms with E-state index in [9.17, 15) is 14.4 Å². The van der Waals surface area contributed by atoms with E-state index in [4.69, 9.17) is 4.74 Å². The lowest BCUT2D eigenvalue weighted by molar-refractivity contribution is -0.132. The Morgan fingerprint density at radius 2 is 1.91 bits per heavy atom. The summed E-state index contributed by atoms with van der Waals surface area (Å²) < 4.78 is 5.03. The number of Topliss-reactive ketones (excluding diaryl/α,β-unsaturated/α-hetero) is 1. The molecule has 124 valence electrons. The zero-order valence-corrected chi connectivity index (χ0v) is 13.8. The van der Waals surface area contributed by atoms with E-state index in [1.165, 1.54) is 0 Å². The van der Waals surface area contributed by atoms with E-state index in [0.717, 1.165) is 4.90 Å². The minimum atomic E-state index is -0.839. The maximum absolute atomic E-state index is 12.9. The number of nitrogens with zero attached hydrogens (tertiary/aromatic N) is 1. The molecule has 1 fully saturated rings. The monoisotopic (exact) mass is 317 g/mol. The van der Waals surface area contributed by atoms with Crippen molar-refractivity contribution in [3.8, 4) is 0 Å². The van der Waals surface area contributed by atoms with Gasteiger partial charge in [-0.25, -0.2) is 9.69 Å². The highest BCUT2D eigenvalue weighted by Crippen LogP contribution is 2.25. The number of rotatable bonds is 6. The minimum Gasteiger partial charge on any atom is -0.447 e. The number of imide groups is 1. The van der Waals surface area contributed by atoms with Gasteiger partial charge in [-0.15, -0.1) is 0 Å². The van der Waals surface area contributed by atoms with Gasteiger partial charge in [-0.05, 0) is 12.3 Å². The lowest BCUT2D eigenvalue weighted by atomic mass is 9.91. The van der Waals surface area contributed by atoms with Crippen LogP contribution in [0.4, 0.5) is 4.79 Å². The van der Waals surface area contributed by atoms with Gasteiger partial charge in [0, 0.05) is 5.56 Å². The Balaban J connectivity index is 2.28. The van der Waals surface area contributed by atoms with Gasteiger partial charge in [-0.3, -0.25) is 9.59 Å². The van der Waals surface area contributed by atoms with Crippen LogP contribution in [0.2, 0.25) is 0 Å². The maximum atomic E-state index is 12.9. The fourth-order valence-electron chi connectivity index (χ4n) is 2.81. The van der Waals surface area contributed by atoms with Gasteiger partial charge in [0.25, 0.3) is 0 Å². The van der Waals surface area contributed by atoms with Crippen LogP contribution >= 0.6 is 0 Å². The fourth-order valence-corrected chi connectivity index (χ4v) is 2.81. The molecule has 0 spiro atoms. The summed E-state index contributed by atoms with van der Waals surface area (Å²) in [5, 5.41) is 0. The summed E-state index contributed by atoms with van der Waals surface area (Å²) in [4.78, 5) is 38.7.